The van der Waals surface area contributed by atoms with Crippen molar-refractivity contribution in [3.05, 3.63) is 29.3 Å². The quantitative estimate of drug-likeness (QED) is 0.540. The number of halogens is 1. The Morgan fingerprint density at radius 1 is 1.53 bits per heavy atom. The molecule has 0 aliphatic rings. The van der Waals surface area contributed by atoms with Gasteiger partial charge in [0.25, 0.3) is 0 Å². The van der Waals surface area contributed by atoms with Gasteiger partial charge in [-0.05, 0) is 36.3 Å². The third-order valence-electron chi connectivity index (χ3n) is 2.22. The Morgan fingerprint density at radius 3 is 2.80 bits per heavy atom. The molecule has 0 fully saturated rings. The minimum Gasteiger partial charge on any atom is -0.390 e. The van der Waals surface area contributed by atoms with Gasteiger partial charge in [-0.3, -0.25) is 0 Å². The number of aromatic nitrogens is 1. The predicted octanol–water partition coefficient (Wildman–Crippen LogP) is 1.24. The van der Waals surface area contributed by atoms with E-state index in [1.165, 1.54) is 6.20 Å². The maximum atomic E-state index is 12.8. The molecule has 0 aliphatic heterocycles. The highest BCUT2D eigenvalue weighted by atomic mass is 32.1. The topological polar surface area (TPSA) is 53.4 Å². The molecule has 1 aromatic heterocycles. The Labute approximate surface area is 93.4 Å². The van der Waals surface area contributed by atoms with E-state index in [1.807, 2.05) is 0 Å². The minimum absolute atomic E-state index is 0.355. The van der Waals surface area contributed by atoms with Crippen molar-refractivity contribution in [2.24, 2.45) is 0 Å². The van der Waals surface area contributed by atoms with Crippen molar-refractivity contribution >= 4 is 12.6 Å². The number of thiol groups is 1. The molecule has 2 unspecified atom stereocenters. The number of nitrogens with zero attached hydrogens (tertiary/aromatic N) is 1. The van der Waals surface area contributed by atoms with Crippen LogP contribution in [0.5, 0.6) is 0 Å². The van der Waals surface area contributed by atoms with E-state index in [1.54, 1.807) is 6.92 Å². The Kier molecular flexibility index (Phi) is 4.50. The van der Waals surface area contributed by atoms with E-state index in [2.05, 4.69) is 17.6 Å². The second-order valence-electron chi connectivity index (χ2n) is 3.39. The molecule has 1 rings (SSSR count). The van der Waals surface area contributed by atoms with Crippen LogP contribution < -0.4 is 0 Å². The first-order chi connectivity index (χ1) is 7.06. The molecule has 0 radical (unpaired) electrons. The second kappa shape index (κ2) is 5.44. The molecule has 0 amide bonds. The van der Waals surface area contributed by atoms with Crippen molar-refractivity contribution in [1.82, 2.24) is 4.98 Å². The summed E-state index contributed by atoms with van der Waals surface area (Å²) in [6.07, 6.45) is -0.327. The lowest BCUT2D eigenvalue weighted by atomic mass is 10.00. The normalized spacial score (nSPS) is 15.0. The molecule has 0 saturated heterocycles. The molecule has 1 aromatic rings. The third-order valence-corrected chi connectivity index (χ3v) is 2.48. The maximum Gasteiger partial charge on any atom is 0.213 e. The highest BCUT2D eigenvalue weighted by Crippen LogP contribution is 2.22. The number of rotatable bonds is 4. The van der Waals surface area contributed by atoms with Crippen LogP contribution in [-0.2, 0) is 0 Å². The van der Waals surface area contributed by atoms with Crippen LogP contribution >= 0.6 is 12.6 Å². The van der Waals surface area contributed by atoms with E-state index in [0.29, 0.717) is 23.3 Å². The number of aliphatic hydroxyl groups is 2. The molecule has 0 aliphatic carbocycles. The average molecular weight is 231 g/mol. The van der Waals surface area contributed by atoms with Crippen LogP contribution in [0.1, 0.15) is 23.7 Å². The zero-order valence-corrected chi connectivity index (χ0v) is 9.28. The molecular formula is C10H14FNO2S. The van der Waals surface area contributed by atoms with Crippen molar-refractivity contribution in [3.63, 3.8) is 0 Å². The highest BCUT2D eigenvalue weighted by Gasteiger charge is 2.20. The monoisotopic (exact) mass is 231 g/mol. The maximum absolute atomic E-state index is 12.8. The summed E-state index contributed by atoms with van der Waals surface area (Å²) in [5, 5.41) is 19.3. The molecule has 1 heterocycles. The van der Waals surface area contributed by atoms with E-state index >= 15 is 0 Å². The van der Waals surface area contributed by atoms with Crippen molar-refractivity contribution in [2.75, 3.05) is 5.75 Å². The van der Waals surface area contributed by atoms with Gasteiger partial charge in [0.05, 0.1) is 6.10 Å². The lowest BCUT2D eigenvalue weighted by Gasteiger charge is -2.18. The fourth-order valence-corrected chi connectivity index (χ4v) is 1.59. The first-order valence-electron chi connectivity index (χ1n) is 4.65. The third kappa shape index (κ3) is 3.15. The Hall–Kier alpha value is -0.650. The predicted molar refractivity (Wildman–Crippen MR) is 58.4 cm³/mol. The van der Waals surface area contributed by atoms with E-state index < -0.39 is 18.2 Å². The number of aryl methyl sites for hydroxylation is 1. The molecule has 5 heteroatoms. The Bertz CT molecular complexity index is 335. The molecule has 0 aromatic carbocycles. The van der Waals surface area contributed by atoms with E-state index in [9.17, 15) is 14.6 Å². The van der Waals surface area contributed by atoms with E-state index in [-0.39, 0.29) is 0 Å². The van der Waals surface area contributed by atoms with Crippen LogP contribution in [0.2, 0.25) is 0 Å². The molecule has 15 heavy (non-hydrogen) atoms. The van der Waals surface area contributed by atoms with Crippen molar-refractivity contribution in [1.29, 1.82) is 0 Å². The van der Waals surface area contributed by atoms with E-state index in [4.69, 9.17) is 0 Å². The lowest BCUT2D eigenvalue weighted by molar-refractivity contribution is 0.0166. The summed E-state index contributed by atoms with van der Waals surface area (Å²) >= 11 is 3.96. The Morgan fingerprint density at radius 2 is 2.20 bits per heavy atom. The van der Waals surface area contributed by atoms with Gasteiger partial charge in [-0.15, -0.1) is 0 Å². The number of hydrogen-bond donors (Lipinski definition) is 3. The lowest BCUT2D eigenvalue weighted by Crippen LogP contribution is -2.19. The van der Waals surface area contributed by atoms with Gasteiger partial charge < -0.3 is 10.2 Å². The van der Waals surface area contributed by atoms with Gasteiger partial charge in [0, 0.05) is 6.20 Å². The highest BCUT2D eigenvalue weighted by molar-refractivity contribution is 7.80. The first kappa shape index (κ1) is 12.4. The summed E-state index contributed by atoms with van der Waals surface area (Å²) in [4.78, 5) is 3.45. The summed E-state index contributed by atoms with van der Waals surface area (Å²) in [5.74, 6) is -0.196. The SMILES string of the molecule is Cc1cnc(F)cc1C(O)C(O)CCS. The van der Waals surface area contributed by atoms with Crippen LogP contribution in [0.4, 0.5) is 4.39 Å². The molecular weight excluding hydrogens is 217 g/mol. The van der Waals surface area contributed by atoms with Gasteiger partial charge in [0.15, 0.2) is 0 Å². The molecule has 0 saturated carbocycles. The fourth-order valence-electron chi connectivity index (χ4n) is 1.33. The molecule has 3 nitrogen and oxygen atoms in total. The van der Waals surface area contributed by atoms with Gasteiger partial charge in [-0.25, -0.2) is 4.98 Å². The van der Waals surface area contributed by atoms with Gasteiger partial charge >= 0.3 is 0 Å². The zero-order valence-electron chi connectivity index (χ0n) is 8.39. The summed E-state index contributed by atoms with van der Waals surface area (Å²) in [5.41, 5.74) is 1.03. The molecule has 84 valence electrons. The Balaban J connectivity index is 2.89. The van der Waals surface area contributed by atoms with Crippen molar-refractivity contribution in [2.45, 2.75) is 25.6 Å². The van der Waals surface area contributed by atoms with Crippen LogP contribution in [0.15, 0.2) is 12.3 Å². The van der Waals surface area contributed by atoms with Crippen LogP contribution in [-0.4, -0.2) is 27.1 Å². The fraction of sp³-hybridized carbons (Fsp3) is 0.500. The summed E-state index contributed by atoms with van der Waals surface area (Å²) in [6, 6.07) is 1.14. The molecule has 2 N–H and O–H groups in total. The van der Waals surface area contributed by atoms with Gasteiger partial charge in [0.1, 0.15) is 6.10 Å². The zero-order chi connectivity index (χ0) is 11.4. The number of pyridine rings is 1. The summed E-state index contributed by atoms with van der Waals surface area (Å²) < 4.78 is 12.8. The van der Waals surface area contributed by atoms with Gasteiger partial charge in [-0.2, -0.15) is 17.0 Å². The minimum atomic E-state index is -1.09. The van der Waals surface area contributed by atoms with Gasteiger partial charge in [-0.1, -0.05) is 0 Å². The van der Waals surface area contributed by atoms with Gasteiger partial charge in [0.2, 0.25) is 5.95 Å². The molecule has 0 bridgehead atoms. The summed E-state index contributed by atoms with van der Waals surface area (Å²) in [6.45, 7) is 1.71. The largest absolute Gasteiger partial charge is 0.390 e. The second-order valence-corrected chi connectivity index (χ2v) is 3.84. The van der Waals surface area contributed by atoms with Crippen molar-refractivity contribution in [3.8, 4) is 0 Å². The van der Waals surface area contributed by atoms with E-state index in [0.717, 1.165) is 6.07 Å². The number of aliphatic hydroxyl groups excluding tert-OH is 2. The van der Waals surface area contributed by atoms with Crippen molar-refractivity contribution < 1.29 is 14.6 Å². The van der Waals surface area contributed by atoms with Crippen LogP contribution in [0, 0.1) is 12.9 Å². The molecule has 0 spiro atoms. The van der Waals surface area contributed by atoms with Crippen LogP contribution in [0.25, 0.3) is 0 Å². The smallest absolute Gasteiger partial charge is 0.213 e. The first-order valence-corrected chi connectivity index (χ1v) is 5.28. The van der Waals surface area contributed by atoms with Crippen LogP contribution in [0.3, 0.4) is 0 Å². The molecule has 2 atom stereocenters. The number of hydrogen-bond acceptors (Lipinski definition) is 4. The standard InChI is InChI=1S/C10H14FNO2S/c1-6-5-12-9(11)4-7(6)10(14)8(13)2-3-15/h4-5,8,10,13-15H,2-3H2,1H3. The average Bonchev–Trinajstić information content (AvgIpc) is 2.21. The summed E-state index contributed by atoms with van der Waals surface area (Å²) in [7, 11) is 0.